The molecule has 4 nitrogen and oxygen atoms in total. The maximum absolute atomic E-state index is 9.37. The summed E-state index contributed by atoms with van der Waals surface area (Å²) in [6, 6.07) is 3.83. The zero-order valence-corrected chi connectivity index (χ0v) is 10.4. The number of pyridine rings is 1. The van der Waals surface area contributed by atoms with E-state index in [1.165, 1.54) is 0 Å². The zero-order chi connectivity index (χ0) is 12.4. The van der Waals surface area contributed by atoms with Crippen LogP contribution in [0.4, 0.5) is 5.69 Å². The molecular weight excluding hydrogens is 216 g/mol. The van der Waals surface area contributed by atoms with Crippen LogP contribution in [0.5, 0.6) is 0 Å². The third kappa shape index (κ3) is 2.96. The van der Waals surface area contributed by atoms with Gasteiger partial charge in [0, 0.05) is 13.6 Å². The van der Waals surface area contributed by atoms with E-state index in [1.807, 2.05) is 19.2 Å². The Bertz CT molecular complexity index is 358. The van der Waals surface area contributed by atoms with Gasteiger partial charge in [0.1, 0.15) is 0 Å². The number of hydrogen-bond donors (Lipinski definition) is 2. The Labute approximate surface area is 102 Å². The van der Waals surface area contributed by atoms with Crippen molar-refractivity contribution in [3.63, 3.8) is 0 Å². The molecule has 0 amide bonds. The largest absolute Gasteiger partial charge is 0.393 e. The number of rotatable bonds is 4. The van der Waals surface area contributed by atoms with Crippen molar-refractivity contribution in [3.8, 4) is 0 Å². The van der Waals surface area contributed by atoms with Crippen molar-refractivity contribution < 1.29 is 10.2 Å². The Morgan fingerprint density at radius 1 is 1.47 bits per heavy atom. The van der Waals surface area contributed by atoms with Gasteiger partial charge in [0.2, 0.25) is 0 Å². The molecule has 0 saturated heterocycles. The second-order valence-corrected chi connectivity index (χ2v) is 4.99. The van der Waals surface area contributed by atoms with Crippen molar-refractivity contribution in [2.24, 2.45) is 5.92 Å². The third-order valence-corrected chi connectivity index (χ3v) is 3.38. The molecule has 4 heteroatoms. The van der Waals surface area contributed by atoms with Crippen LogP contribution in [0.1, 0.15) is 31.6 Å². The number of aromatic nitrogens is 1. The van der Waals surface area contributed by atoms with Crippen molar-refractivity contribution in [3.05, 3.63) is 24.0 Å². The fourth-order valence-corrected chi connectivity index (χ4v) is 2.21. The molecular formula is C13H20N2O2. The summed E-state index contributed by atoms with van der Waals surface area (Å²) in [6.07, 6.45) is 2.99. The lowest BCUT2D eigenvalue weighted by Gasteiger charge is -2.35. The predicted octanol–water partition coefficient (Wildman–Crippen LogP) is 1.34. The van der Waals surface area contributed by atoms with Crippen LogP contribution in [-0.4, -0.2) is 34.9 Å². The van der Waals surface area contributed by atoms with Crippen molar-refractivity contribution in [1.29, 1.82) is 0 Å². The van der Waals surface area contributed by atoms with Gasteiger partial charge < -0.3 is 15.1 Å². The Morgan fingerprint density at radius 2 is 2.18 bits per heavy atom. The Hall–Kier alpha value is -1.13. The average molecular weight is 236 g/mol. The zero-order valence-electron chi connectivity index (χ0n) is 10.4. The van der Waals surface area contributed by atoms with Crippen LogP contribution in [0.15, 0.2) is 18.3 Å². The second-order valence-electron chi connectivity index (χ2n) is 4.99. The van der Waals surface area contributed by atoms with Crippen LogP contribution in [0.2, 0.25) is 0 Å². The van der Waals surface area contributed by atoms with Gasteiger partial charge in [-0.15, -0.1) is 0 Å². The minimum atomic E-state index is -0.517. The molecule has 2 rings (SSSR count). The van der Waals surface area contributed by atoms with E-state index in [4.69, 9.17) is 0 Å². The fourth-order valence-electron chi connectivity index (χ4n) is 2.21. The molecule has 1 saturated carbocycles. The quantitative estimate of drug-likeness (QED) is 0.828. The molecule has 1 aliphatic rings. The molecule has 1 atom stereocenters. The van der Waals surface area contributed by atoms with Gasteiger partial charge in [0.15, 0.2) is 0 Å². The van der Waals surface area contributed by atoms with Gasteiger partial charge in [-0.05, 0) is 37.8 Å². The van der Waals surface area contributed by atoms with Crippen LogP contribution in [-0.2, 0) is 0 Å². The highest BCUT2D eigenvalue weighted by atomic mass is 16.3. The first-order valence-corrected chi connectivity index (χ1v) is 6.09. The summed E-state index contributed by atoms with van der Waals surface area (Å²) in [5, 5.41) is 18.6. The average Bonchev–Trinajstić information content (AvgIpc) is 2.27. The molecule has 17 heavy (non-hydrogen) atoms. The highest BCUT2D eigenvalue weighted by Gasteiger charge is 2.28. The fraction of sp³-hybridized carbons (Fsp3) is 0.615. The lowest BCUT2D eigenvalue weighted by Crippen LogP contribution is -2.37. The first-order chi connectivity index (χ1) is 8.06. The molecule has 0 spiro atoms. The molecule has 0 bridgehead atoms. The molecule has 1 aliphatic carbocycles. The van der Waals surface area contributed by atoms with Gasteiger partial charge in [-0.3, -0.25) is 4.98 Å². The number of aliphatic hydroxyl groups excluding tert-OH is 2. The predicted molar refractivity (Wildman–Crippen MR) is 66.9 cm³/mol. The van der Waals surface area contributed by atoms with E-state index < -0.39 is 6.10 Å². The number of hydrogen-bond acceptors (Lipinski definition) is 4. The van der Waals surface area contributed by atoms with Gasteiger partial charge >= 0.3 is 0 Å². The monoisotopic (exact) mass is 236 g/mol. The van der Waals surface area contributed by atoms with Crippen LogP contribution < -0.4 is 4.90 Å². The molecule has 1 heterocycles. The van der Waals surface area contributed by atoms with Gasteiger partial charge in [-0.25, -0.2) is 0 Å². The molecule has 0 unspecified atom stereocenters. The van der Waals surface area contributed by atoms with Gasteiger partial charge in [-0.1, -0.05) is 0 Å². The third-order valence-electron chi connectivity index (χ3n) is 3.38. The molecule has 94 valence electrons. The normalized spacial score (nSPS) is 25.2. The summed E-state index contributed by atoms with van der Waals surface area (Å²) >= 11 is 0. The molecule has 0 aromatic carbocycles. The van der Waals surface area contributed by atoms with E-state index in [0.29, 0.717) is 11.6 Å². The molecule has 0 radical (unpaired) electrons. The standard InChI is InChI=1S/C13H20N2O2/c1-9(16)13-4-3-11(7-14-13)15(2)8-10-5-12(17)6-10/h3-4,7,9-10,12,16-17H,5-6,8H2,1-2H3/t9-,10?,12?/m0/s1. The maximum Gasteiger partial charge on any atom is 0.0931 e. The number of nitrogens with zero attached hydrogens (tertiary/aromatic N) is 2. The smallest absolute Gasteiger partial charge is 0.0931 e. The summed E-state index contributed by atoms with van der Waals surface area (Å²) in [4.78, 5) is 6.37. The lowest BCUT2D eigenvalue weighted by molar-refractivity contribution is 0.0465. The summed E-state index contributed by atoms with van der Waals surface area (Å²) in [7, 11) is 2.03. The molecule has 1 fully saturated rings. The number of aliphatic hydroxyl groups is 2. The molecule has 1 aromatic rings. The summed E-state index contributed by atoms with van der Waals surface area (Å²) in [5.41, 5.74) is 1.75. The van der Waals surface area contributed by atoms with E-state index in [0.717, 1.165) is 25.1 Å². The minimum Gasteiger partial charge on any atom is -0.393 e. The summed E-state index contributed by atoms with van der Waals surface area (Å²) in [6.45, 7) is 2.66. The minimum absolute atomic E-state index is 0.0934. The van der Waals surface area contributed by atoms with Crippen molar-refractivity contribution >= 4 is 5.69 Å². The van der Waals surface area contributed by atoms with Gasteiger partial charge in [0.05, 0.1) is 29.8 Å². The Morgan fingerprint density at radius 3 is 2.65 bits per heavy atom. The first-order valence-electron chi connectivity index (χ1n) is 6.09. The highest BCUT2D eigenvalue weighted by Crippen LogP contribution is 2.29. The van der Waals surface area contributed by atoms with E-state index in [2.05, 4.69) is 9.88 Å². The van der Waals surface area contributed by atoms with Crippen molar-refractivity contribution in [2.45, 2.75) is 32.0 Å². The number of anilines is 1. The van der Waals surface area contributed by atoms with Crippen LogP contribution in [0, 0.1) is 5.92 Å². The van der Waals surface area contributed by atoms with Crippen molar-refractivity contribution in [1.82, 2.24) is 4.98 Å². The van der Waals surface area contributed by atoms with Crippen LogP contribution >= 0.6 is 0 Å². The summed E-state index contributed by atoms with van der Waals surface area (Å²) in [5.74, 6) is 0.589. The molecule has 2 N–H and O–H groups in total. The van der Waals surface area contributed by atoms with Crippen LogP contribution in [0.3, 0.4) is 0 Å². The van der Waals surface area contributed by atoms with E-state index in [9.17, 15) is 10.2 Å². The molecule has 0 aliphatic heterocycles. The first kappa shape index (κ1) is 12.3. The van der Waals surface area contributed by atoms with Crippen LogP contribution in [0.25, 0.3) is 0 Å². The molecule has 1 aromatic heterocycles. The lowest BCUT2D eigenvalue weighted by atomic mass is 9.82. The second kappa shape index (κ2) is 5.02. The highest BCUT2D eigenvalue weighted by molar-refractivity contribution is 5.43. The van der Waals surface area contributed by atoms with Crippen molar-refractivity contribution in [2.75, 3.05) is 18.5 Å². The Balaban J connectivity index is 1.92. The van der Waals surface area contributed by atoms with Gasteiger partial charge in [-0.2, -0.15) is 0 Å². The maximum atomic E-state index is 9.37. The van der Waals surface area contributed by atoms with E-state index >= 15 is 0 Å². The van der Waals surface area contributed by atoms with E-state index in [1.54, 1.807) is 13.1 Å². The van der Waals surface area contributed by atoms with Gasteiger partial charge in [0.25, 0.3) is 0 Å². The van der Waals surface area contributed by atoms with E-state index in [-0.39, 0.29) is 6.10 Å². The SMILES string of the molecule is C[C@H](O)c1ccc(N(C)CC2CC(O)C2)cn1. The topological polar surface area (TPSA) is 56.6 Å². The summed E-state index contributed by atoms with van der Waals surface area (Å²) < 4.78 is 0. The Kier molecular flexibility index (Phi) is 3.64.